The molecule has 1 atom stereocenters. The Balaban J connectivity index is 2.38. The van der Waals surface area contributed by atoms with Gasteiger partial charge in [-0.1, -0.05) is 12.8 Å². The summed E-state index contributed by atoms with van der Waals surface area (Å²) in [5.74, 6) is 6.53. The van der Waals surface area contributed by atoms with Crippen molar-refractivity contribution in [2.75, 3.05) is 26.2 Å². The van der Waals surface area contributed by atoms with E-state index in [4.69, 9.17) is 10.00 Å². The van der Waals surface area contributed by atoms with Gasteiger partial charge in [-0.25, -0.2) is 0 Å². The number of nitrogens with one attached hydrogen (secondary N) is 1. The van der Waals surface area contributed by atoms with Gasteiger partial charge >= 0.3 is 0 Å². The van der Waals surface area contributed by atoms with Crippen LogP contribution in [0.5, 0.6) is 0 Å². The third kappa shape index (κ3) is 5.54. The molecule has 1 rings (SSSR count). The topological polar surface area (TPSA) is 37.5 Å². The molecule has 100 valence electrons. The lowest BCUT2D eigenvalue weighted by Gasteiger charge is -2.23. The van der Waals surface area contributed by atoms with Gasteiger partial charge < -0.3 is 9.64 Å². The van der Waals surface area contributed by atoms with Crippen LogP contribution in [0.2, 0.25) is 0 Å². The van der Waals surface area contributed by atoms with Crippen LogP contribution in [0.1, 0.15) is 46.0 Å². The zero-order chi connectivity index (χ0) is 13.3. The molecular formula is C15H25N2O+. The van der Waals surface area contributed by atoms with Crippen molar-refractivity contribution in [3.63, 3.8) is 0 Å². The highest BCUT2D eigenvalue weighted by molar-refractivity contribution is 5.12. The average Bonchev–Trinajstić information content (AvgIpc) is 2.40. The molecular weight excluding hydrogens is 224 g/mol. The molecule has 0 unspecified atom stereocenters. The van der Waals surface area contributed by atoms with E-state index in [1.54, 1.807) is 4.90 Å². The minimum atomic E-state index is -0.383. The molecule has 0 aliphatic carbocycles. The fourth-order valence-corrected chi connectivity index (χ4v) is 2.13. The SMILES string of the molecule is CC[C@](C)(C#CC[NH+]1CCCCC1)OCCC#N. The molecule has 1 N–H and O–H groups in total. The number of nitriles is 1. The lowest BCUT2D eigenvalue weighted by Crippen LogP contribution is -3.12. The lowest BCUT2D eigenvalue weighted by atomic mass is 10.0. The molecule has 1 aliphatic heterocycles. The average molecular weight is 249 g/mol. The van der Waals surface area contributed by atoms with Gasteiger partial charge in [0.05, 0.1) is 32.2 Å². The maximum Gasteiger partial charge on any atom is 0.139 e. The van der Waals surface area contributed by atoms with Crippen LogP contribution in [0.15, 0.2) is 0 Å². The molecule has 0 amide bonds. The lowest BCUT2D eigenvalue weighted by molar-refractivity contribution is -0.897. The Morgan fingerprint density at radius 2 is 2.00 bits per heavy atom. The Hall–Kier alpha value is -1.03. The first kappa shape index (κ1) is 15.0. The van der Waals surface area contributed by atoms with Crippen molar-refractivity contribution in [1.29, 1.82) is 5.26 Å². The van der Waals surface area contributed by atoms with E-state index in [9.17, 15) is 0 Å². The first-order valence-corrected chi connectivity index (χ1v) is 7.04. The maximum atomic E-state index is 8.51. The predicted molar refractivity (Wildman–Crippen MR) is 72.1 cm³/mol. The van der Waals surface area contributed by atoms with Crippen molar-refractivity contribution in [3.05, 3.63) is 0 Å². The summed E-state index contributed by atoms with van der Waals surface area (Å²) in [4.78, 5) is 1.60. The van der Waals surface area contributed by atoms with Crippen molar-refractivity contribution in [2.24, 2.45) is 0 Å². The van der Waals surface area contributed by atoms with Crippen molar-refractivity contribution in [2.45, 2.75) is 51.6 Å². The smallest absolute Gasteiger partial charge is 0.139 e. The molecule has 1 aliphatic rings. The monoisotopic (exact) mass is 249 g/mol. The Morgan fingerprint density at radius 1 is 1.28 bits per heavy atom. The van der Waals surface area contributed by atoms with E-state index < -0.39 is 0 Å². The van der Waals surface area contributed by atoms with Crippen LogP contribution >= 0.6 is 0 Å². The minimum Gasteiger partial charge on any atom is -0.362 e. The Morgan fingerprint density at radius 3 is 2.61 bits per heavy atom. The van der Waals surface area contributed by atoms with Crippen molar-refractivity contribution in [3.8, 4) is 17.9 Å². The van der Waals surface area contributed by atoms with Gasteiger partial charge in [0.25, 0.3) is 0 Å². The molecule has 3 nitrogen and oxygen atoms in total. The summed E-state index contributed by atoms with van der Waals surface area (Å²) in [7, 11) is 0. The molecule has 3 heteroatoms. The highest BCUT2D eigenvalue weighted by atomic mass is 16.5. The van der Waals surface area contributed by atoms with Gasteiger partial charge in [0.15, 0.2) is 0 Å². The van der Waals surface area contributed by atoms with Gasteiger partial charge in [0.1, 0.15) is 12.1 Å². The third-order valence-corrected chi connectivity index (χ3v) is 3.56. The van der Waals surface area contributed by atoms with Crippen LogP contribution in [0.4, 0.5) is 0 Å². The number of ether oxygens (including phenoxy) is 1. The van der Waals surface area contributed by atoms with Crippen LogP contribution in [-0.2, 0) is 4.74 Å². The van der Waals surface area contributed by atoms with Crippen LogP contribution in [0.3, 0.4) is 0 Å². The normalized spacial score (nSPS) is 19.4. The summed E-state index contributed by atoms with van der Waals surface area (Å²) in [6.07, 6.45) is 5.34. The number of piperidine rings is 1. The maximum absolute atomic E-state index is 8.51. The largest absolute Gasteiger partial charge is 0.362 e. The van der Waals surface area contributed by atoms with Gasteiger partial charge in [0, 0.05) is 0 Å². The van der Waals surface area contributed by atoms with E-state index in [0.717, 1.165) is 13.0 Å². The minimum absolute atomic E-state index is 0.383. The highest BCUT2D eigenvalue weighted by Gasteiger charge is 2.19. The van der Waals surface area contributed by atoms with Gasteiger partial charge in [0.2, 0.25) is 0 Å². The number of nitrogens with zero attached hydrogens (tertiary/aromatic N) is 1. The second-order valence-corrected chi connectivity index (χ2v) is 5.13. The number of rotatable bonds is 5. The van der Waals surface area contributed by atoms with E-state index in [1.807, 2.05) is 6.92 Å². The Kier molecular flexibility index (Phi) is 6.80. The summed E-state index contributed by atoms with van der Waals surface area (Å²) < 4.78 is 5.70. The molecule has 0 aromatic rings. The van der Waals surface area contributed by atoms with Crippen LogP contribution in [0.25, 0.3) is 0 Å². The fraction of sp³-hybridized carbons (Fsp3) is 0.800. The van der Waals surface area contributed by atoms with Crippen molar-refractivity contribution in [1.82, 2.24) is 0 Å². The van der Waals surface area contributed by atoms with E-state index in [1.165, 1.54) is 32.4 Å². The van der Waals surface area contributed by atoms with Gasteiger partial charge in [-0.3, -0.25) is 0 Å². The fourth-order valence-electron chi connectivity index (χ4n) is 2.13. The van der Waals surface area contributed by atoms with Crippen molar-refractivity contribution < 1.29 is 9.64 Å². The summed E-state index contributed by atoms with van der Waals surface area (Å²) in [5.41, 5.74) is -0.383. The van der Waals surface area contributed by atoms with E-state index >= 15 is 0 Å². The summed E-state index contributed by atoms with van der Waals surface area (Å²) in [6, 6.07) is 2.09. The first-order valence-electron chi connectivity index (χ1n) is 7.04. The van der Waals surface area contributed by atoms with Gasteiger partial charge in [-0.2, -0.15) is 5.26 Å². The number of hydrogen-bond acceptors (Lipinski definition) is 2. The van der Waals surface area contributed by atoms with Crippen LogP contribution in [0, 0.1) is 23.2 Å². The van der Waals surface area contributed by atoms with Crippen LogP contribution < -0.4 is 4.90 Å². The standard InChI is InChI=1S/C15H24N2O/c1-3-15(2,18-14-8-10-16)9-7-13-17-11-5-4-6-12-17/h3-6,8,11-14H2,1-2H3/p+1/t15-/m1/s1. The summed E-state index contributed by atoms with van der Waals surface area (Å²) >= 11 is 0. The molecule has 0 aromatic carbocycles. The van der Waals surface area contributed by atoms with E-state index in [0.29, 0.717) is 13.0 Å². The summed E-state index contributed by atoms with van der Waals surface area (Å²) in [6.45, 7) is 8.01. The zero-order valence-electron chi connectivity index (χ0n) is 11.7. The molecule has 1 fully saturated rings. The number of likely N-dealkylation sites (tertiary alicyclic amines) is 1. The number of hydrogen-bond donors (Lipinski definition) is 1. The third-order valence-electron chi connectivity index (χ3n) is 3.56. The molecule has 0 spiro atoms. The first-order chi connectivity index (χ1) is 8.70. The molecule has 0 radical (unpaired) electrons. The Bertz CT molecular complexity index is 331. The predicted octanol–water partition coefficient (Wildman–Crippen LogP) is 1.16. The number of quaternary nitrogens is 1. The molecule has 0 saturated carbocycles. The zero-order valence-corrected chi connectivity index (χ0v) is 11.7. The van der Waals surface area contributed by atoms with Gasteiger partial charge in [-0.15, -0.1) is 0 Å². The van der Waals surface area contributed by atoms with E-state index in [-0.39, 0.29) is 5.60 Å². The quantitative estimate of drug-likeness (QED) is 0.586. The van der Waals surface area contributed by atoms with Crippen molar-refractivity contribution >= 4 is 0 Å². The molecule has 1 heterocycles. The molecule has 18 heavy (non-hydrogen) atoms. The molecule has 0 aromatic heterocycles. The highest BCUT2D eigenvalue weighted by Crippen LogP contribution is 2.13. The van der Waals surface area contributed by atoms with E-state index in [2.05, 4.69) is 24.8 Å². The second kappa shape index (κ2) is 8.14. The van der Waals surface area contributed by atoms with Gasteiger partial charge in [-0.05, 0) is 38.5 Å². The van der Waals surface area contributed by atoms with Crippen LogP contribution in [-0.4, -0.2) is 31.8 Å². The Labute approximate surface area is 111 Å². The molecule has 1 saturated heterocycles. The second-order valence-electron chi connectivity index (χ2n) is 5.13. The summed E-state index contributed by atoms with van der Waals surface area (Å²) in [5, 5.41) is 8.51. The molecule has 0 bridgehead atoms.